The molecule has 5 N–H and O–H groups in total. The summed E-state index contributed by atoms with van der Waals surface area (Å²) in [6, 6.07) is 9.50. The summed E-state index contributed by atoms with van der Waals surface area (Å²) >= 11 is 2.65. The van der Waals surface area contributed by atoms with E-state index in [1.165, 1.54) is 11.3 Å². The number of carbonyl (C=O) groups is 1. The molecule has 1 aromatic carbocycles. The Morgan fingerprint density at radius 2 is 2.10 bits per heavy atom. The number of nitrogens with one attached hydrogen (secondary N) is 1. The number of carbonyl (C=O) groups excluding carboxylic acids is 1. The highest BCUT2D eigenvalue weighted by molar-refractivity contribution is 7.21. The van der Waals surface area contributed by atoms with Gasteiger partial charge in [-0.05, 0) is 40.1 Å². The van der Waals surface area contributed by atoms with E-state index < -0.39 is 0 Å². The van der Waals surface area contributed by atoms with Gasteiger partial charge in [-0.25, -0.2) is 4.98 Å². The average molecular weight is 450 g/mol. The van der Waals surface area contributed by atoms with Gasteiger partial charge in [0.1, 0.15) is 27.2 Å². The smallest absolute Gasteiger partial charge is 0.263 e. The van der Waals surface area contributed by atoms with Crippen molar-refractivity contribution in [3.05, 3.63) is 51.0 Å². The SMILES string of the molecule is N#Cc1c(N)nc2sc(C(=O)NCc3ccc4c(c3)OCO4)c(N)c2c1-c1ccsc1. The van der Waals surface area contributed by atoms with Crippen LogP contribution in [0.4, 0.5) is 11.5 Å². The summed E-state index contributed by atoms with van der Waals surface area (Å²) in [6.07, 6.45) is 0. The summed E-state index contributed by atoms with van der Waals surface area (Å²) in [5.74, 6) is 1.12. The highest BCUT2D eigenvalue weighted by Crippen LogP contribution is 2.43. The molecule has 4 aromatic rings. The van der Waals surface area contributed by atoms with Gasteiger partial charge >= 0.3 is 0 Å². The van der Waals surface area contributed by atoms with Crippen LogP contribution in [0.5, 0.6) is 11.5 Å². The van der Waals surface area contributed by atoms with E-state index in [-0.39, 0.29) is 29.8 Å². The number of hydrogen-bond acceptors (Lipinski definition) is 9. The molecule has 8 nitrogen and oxygen atoms in total. The molecule has 1 aliphatic heterocycles. The molecule has 0 radical (unpaired) electrons. The van der Waals surface area contributed by atoms with E-state index in [1.807, 2.05) is 29.0 Å². The molecule has 0 spiro atoms. The van der Waals surface area contributed by atoms with Gasteiger partial charge in [-0.1, -0.05) is 6.07 Å². The highest BCUT2D eigenvalue weighted by atomic mass is 32.1. The summed E-state index contributed by atoms with van der Waals surface area (Å²) in [6.45, 7) is 0.482. The molecule has 0 unspecified atom stereocenters. The molecule has 0 fully saturated rings. The van der Waals surface area contributed by atoms with Crippen molar-refractivity contribution >= 4 is 50.3 Å². The van der Waals surface area contributed by atoms with Crippen molar-refractivity contribution in [1.29, 1.82) is 5.26 Å². The van der Waals surface area contributed by atoms with E-state index in [1.54, 1.807) is 6.07 Å². The lowest BCUT2D eigenvalue weighted by Gasteiger charge is -2.08. The number of nitrogens with two attached hydrogens (primary N) is 2. The van der Waals surface area contributed by atoms with Crippen LogP contribution in [0.2, 0.25) is 0 Å². The van der Waals surface area contributed by atoms with E-state index in [9.17, 15) is 10.1 Å². The van der Waals surface area contributed by atoms with Crippen LogP contribution < -0.4 is 26.3 Å². The number of nitriles is 1. The first-order chi connectivity index (χ1) is 15.1. The minimum absolute atomic E-state index is 0.116. The van der Waals surface area contributed by atoms with Crippen molar-refractivity contribution in [3.63, 3.8) is 0 Å². The van der Waals surface area contributed by atoms with Gasteiger partial charge in [-0.3, -0.25) is 4.79 Å². The molecule has 5 rings (SSSR count). The van der Waals surface area contributed by atoms with Gasteiger partial charge in [0.25, 0.3) is 5.91 Å². The Labute approximate surface area is 184 Å². The molecule has 31 heavy (non-hydrogen) atoms. The van der Waals surface area contributed by atoms with Gasteiger partial charge in [-0.2, -0.15) is 16.6 Å². The van der Waals surface area contributed by atoms with Gasteiger partial charge in [0.2, 0.25) is 6.79 Å². The molecule has 0 saturated heterocycles. The molecule has 10 heteroatoms. The topological polar surface area (TPSA) is 136 Å². The Hall–Kier alpha value is -3.81. The van der Waals surface area contributed by atoms with E-state index in [0.29, 0.717) is 38.7 Å². The Bertz CT molecular complexity index is 1370. The van der Waals surface area contributed by atoms with Crippen molar-refractivity contribution in [2.45, 2.75) is 6.54 Å². The second-order valence-electron chi connectivity index (χ2n) is 6.77. The van der Waals surface area contributed by atoms with Crippen molar-refractivity contribution in [3.8, 4) is 28.7 Å². The number of nitrogen functional groups attached to an aromatic ring is 2. The molecule has 0 aliphatic carbocycles. The van der Waals surface area contributed by atoms with Crippen molar-refractivity contribution in [2.75, 3.05) is 18.3 Å². The number of benzene rings is 1. The number of fused-ring (bicyclic) bond motifs is 2. The molecule has 0 bridgehead atoms. The number of amides is 1. The third-order valence-corrected chi connectivity index (χ3v) is 6.70. The molecule has 0 saturated carbocycles. The zero-order valence-corrected chi connectivity index (χ0v) is 17.6. The quantitative estimate of drug-likeness (QED) is 0.432. The Kier molecular flexibility index (Phi) is 4.62. The van der Waals surface area contributed by atoms with Crippen LogP contribution in [0, 0.1) is 11.3 Å². The number of hydrogen-bond donors (Lipinski definition) is 3. The van der Waals surface area contributed by atoms with Crippen molar-refractivity contribution in [1.82, 2.24) is 10.3 Å². The third kappa shape index (κ3) is 3.20. The monoisotopic (exact) mass is 449 g/mol. The van der Waals surface area contributed by atoms with Gasteiger partial charge in [-0.15, -0.1) is 11.3 Å². The summed E-state index contributed by atoms with van der Waals surface area (Å²) in [7, 11) is 0. The van der Waals surface area contributed by atoms with Crippen molar-refractivity contribution in [2.24, 2.45) is 0 Å². The Balaban J connectivity index is 1.50. The third-order valence-electron chi connectivity index (χ3n) is 4.92. The van der Waals surface area contributed by atoms with Crippen LogP contribution in [0.3, 0.4) is 0 Å². The lowest BCUT2D eigenvalue weighted by atomic mass is 9.99. The zero-order chi connectivity index (χ0) is 21.5. The predicted octanol–water partition coefficient (Wildman–Crippen LogP) is 3.72. The Morgan fingerprint density at radius 1 is 1.26 bits per heavy atom. The van der Waals surface area contributed by atoms with Crippen LogP contribution in [0.15, 0.2) is 35.0 Å². The lowest BCUT2D eigenvalue weighted by molar-refractivity contribution is 0.0955. The largest absolute Gasteiger partial charge is 0.454 e. The number of anilines is 2. The summed E-state index contributed by atoms with van der Waals surface area (Å²) in [4.78, 5) is 18.1. The van der Waals surface area contributed by atoms with Crippen molar-refractivity contribution < 1.29 is 14.3 Å². The number of thiophene rings is 2. The number of aromatic nitrogens is 1. The number of ether oxygens (including phenoxy) is 2. The van der Waals surface area contributed by atoms with Crippen LogP contribution in [-0.4, -0.2) is 17.7 Å². The maximum atomic E-state index is 12.9. The van der Waals surface area contributed by atoms with Crippen LogP contribution in [0.1, 0.15) is 20.8 Å². The molecule has 3 aromatic heterocycles. The first-order valence-corrected chi connectivity index (χ1v) is 10.9. The van der Waals surface area contributed by atoms with E-state index in [2.05, 4.69) is 16.4 Å². The number of rotatable bonds is 4. The number of pyridine rings is 1. The fourth-order valence-electron chi connectivity index (χ4n) is 3.46. The van der Waals surface area contributed by atoms with Gasteiger partial charge < -0.3 is 26.3 Å². The van der Waals surface area contributed by atoms with Gasteiger partial charge in [0, 0.05) is 17.5 Å². The first-order valence-electron chi connectivity index (χ1n) is 9.17. The van der Waals surface area contributed by atoms with Crippen LogP contribution in [-0.2, 0) is 6.54 Å². The first kappa shape index (κ1) is 19.2. The van der Waals surface area contributed by atoms with E-state index in [0.717, 1.165) is 22.5 Å². The molecular formula is C21H15N5O3S2. The summed E-state index contributed by atoms with van der Waals surface area (Å²) < 4.78 is 10.7. The second-order valence-corrected chi connectivity index (χ2v) is 8.55. The van der Waals surface area contributed by atoms with E-state index in [4.69, 9.17) is 20.9 Å². The molecule has 154 valence electrons. The predicted molar refractivity (Wildman–Crippen MR) is 120 cm³/mol. The number of nitrogens with zero attached hydrogens (tertiary/aromatic N) is 2. The minimum Gasteiger partial charge on any atom is -0.454 e. The molecule has 4 heterocycles. The van der Waals surface area contributed by atoms with Crippen LogP contribution in [0.25, 0.3) is 21.3 Å². The Morgan fingerprint density at radius 3 is 2.87 bits per heavy atom. The molecule has 1 aliphatic rings. The van der Waals surface area contributed by atoms with Gasteiger partial charge in [0.05, 0.1) is 5.69 Å². The highest BCUT2D eigenvalue weighted by Gasteiger charge is 2.24. The maximum absolute atomic E-state index is 12.9. The molecule has 0 atom stereocenters. The lowest BCUT2D eigenvalue weighted by Crippen LogP contribution is -2.22. The standard InChI is InChI=1S/C21H15N5O3S2/c22-6-12-15(11-3-4-30-8-11)16-17(23)18(31-21(16)26-19(12)24)20(27)25-7-10-1-2-13-14(5-10)29-9-28-13/h1-5,8H,7,9,23H2,(H2,24,26)(H,25,27). The fraction of sp³-hybridized carbons (Fsp3) is 0.0952. The van der Waals surface area contributed by atoms with Gasteiger partial charge in [0.15, 0.2) is 11.5 Å². The second kappa shape index (κ2) is 7.46. The minimum atomic E-state index is -0.327. The van der Waals surface area contributed by atoms with Crippen LogP contribution >= 0.6 is 22.7 Å². The molecular weight excluding hydrogens is 434 g/mol. The normalized spacial score (nSPS) is 12.1. The maximum Gasteiger partial charge on any atom is 0.263 e. The average Bonchev–Trinajstić information content (AvgIpc) is 3.51. The summed E-state index contributed by atoms with van der Waals surface area (Å²) in [5, 5.41) is 16.9. The van der Waals surface area contributed by atoms with E-state index >= 15 is 0 Å². The fourth-order valence-corrected chi connectivity index (χ4v) is 5.14. The zero-order valence-electron chi connectivity index (χ0n) is 16.0. The molecule has 1 amide bonds. The summed E-state index contributed by atoms with van der Waals surface area (Å²) in [5.41, 5.74) is 15.2.